The van der Waals surface area contributed by atoms with Crippen molar-refractivity contribution in [3.8, 4) is 11.6 Å². The first-order valence-electron chi connectivity index (χ1n) is 9.78. The van der Waals surface area contributed by atoms with Gasteiger partial charge >= 0.3 is 0 Å². The van der Waals surface area contributed by atoms with E-state index in [1.165, 1.54) is 18.6 Å². The molecule has 2 saturated heterocycles. The van der Waals surface area contributed by atoms with E-state index in [1.54, 1.807) is 24.4 Å². The molecule has 1 aromatic heterocycles. The number of aliphatic imine (C=N–C) groups is 1. The van der Waals surface area contributed by atoms with Crippen LogP contribution in [-0.2, 0) is 11.3 Å². The average molecular weight is 384 g/mol. The van der Waals surface area contributed by atoms with Gasteiger partial charge in [0.05, 0.1) is 24.8 Å². The lowest BCUT2D eigenvalue weighted by Gasteiger charge is -2.22. The maximum atomic E-state index is 13.2. The number of fused-ring (bicyclic) bond motifs is 2. The van der Waals surface area contributed by atoms with Crippen LogP contribution in [0.15, 0.2) is 47.6 Å². The van der Waals surface area contributed by atoms with Crippen molar-refractivity contribution >= 4 is 5.96 Å². The van der Waals surface area contributed by atoms with Gasteiger partial charge in [0.2, 0.25) is 5.88 Å². The molecule has 148 valence electrons. The number of halogens is 1. The Hall–Kier alpha value is -2.67. The number of nitrogens with one attached hydrogen (secondary N) is 2. The number of pyridine rings is 1. The molecule has 7 heteroatoms. The maximum absolute atomic E-state index is 13.2. The van der Waals surface area contributed by atoms with Crippen LogP contribution in [0, 0.1) is 5.82 Å². The van der Waals surface area contributed by atoms with Gasteiger partial charge in [-0.25, -0.2) is 14.4 Å². The lowest BCUT2D eigenvalue weighted by atomic mass is 9.96. The van der Waals surface area contributed by atoms with Crippen LogP contribution in [0.4, 0.5) is 4.39 Å². The number of benzene rings is 1. The van der Waals surface area contributed by atoms with E-state index in [2.05, 4.69) is 27.5 Å². The van der Waals surface area contributed by atoms with Crippen molar-refractivity contribution in [2.45, 2.75) is 51.0 Å². The molecule has 4 rings (SSSR count). The summed E-state index contributed by atoms with van der Waals surface area (Å²) in [6.07, 6.45) is 5.77. The van der Waals surface area contributed by atoms with Crippen LogP contribution < -0.4 is 15.4 Å². The molecule has 0 amide bonds. The van der Waals surface area contributed by atoms with Gasteiger partial charge < -0.3 is 20.1 Å². The third-order valence-corrected chi connectivity index (χ3v) is 5.01. The predicted octanol–water partition coefficient (Wildman–Crippen LogP) is 3.39. The number of aromatic nitrogens is 1. The Morgan fingerprint density at radius 3 is 2.93 bits per heavy atom. The van der Waals surface area contributed by atoms with Crippen molar-refractivity contribution in [3.05, 3.63) is 54.0 Å². The van der Waals surface area contributed by atoms with E-state index in [1.807, 2.05) is 6.07 Å². The number of nitrogens with zero attached hydrogens (tertiary/aromatic N) is 2. The molecule has 0 spiro atoms. The van der Waals surface area contributed by atoms with Crippen molar-refractivity contribution in [1.29, 1.82) is 0 Å². The van der Waals surface area contributed by atoms with Gasteiger partial charge in [-0.1, -0.05) is 12.1 Å². The summed E-state index contributed by atoms with van der Waals surface area (Å²) in [7, 11) is 0. The number of hydrogen-bond donors (Lipinski definition) is 2. The molecule has 3 unspecified atom stereocenters. The molecule has 2 N–H and O–H groups in total. The van der Waals surface area contributed by atoms with Gasteiger partial charge in [-0.2, -0.15) is 0 Å². The molecule has 2 bridgehead atoms. The lowest BCUT2D eigenvalue weighted by Crippen LogP contribution is -2.47. The average Bonchev–Trinajstić information content (AvgIpc) is 3.31. The zero-order valence-electron chi connectivity index (χ0n) is 15.9. The Balaban J connectivity index is 1.35. The van der Waals surface area contributed by atoms with E-state index < -0.39 is 0 Å². The first-order valence-corrected chi connectivity index (χ1v) is 9.78. The summed E-state index contributed by atoms with van der Waals surface area (Å²) in [6.45, 7) is 3.35. The molecular formula is C21H25FN4O2. The largest absolute Gasteiger partial charge is 0.439 e. The Kier molecular flexibility index (Phi) is 5.71. The van der Waals surface area contributed by atoms with Crippen LogP contribution in [0.3, 0.4) is 0 Å². The van der Waals surface area contributed by atoms with Crippen LogP contribution in [0.5, 0.6) is 11.6 Å². The Labute approximate surface area is 164 Å². The fourth-order valence-corrected chi connectivity index (χ4v) is 3.67. The summed E-state index contributed by atoms with van der Waals surface area (Å²) >= 11 is 0. The van der Waals surface area contributed by atoms with Crippen LogP contribution in [0.2, 0.25) is 0 Å². The summed E-state index contributed by atoms with van der Waals surface area (Å²) < 4.78 is 24.7. The normalized spacial score (nSPS) is 23.6. The number of ether oxygens (including phenoxy) is 2. The SMILES string of the molecule is CCNC(=NCc1ccc(Oc2cccc(F)c2)nc1)NC1CC2CCC1O2. The number of guanidine groups is 1. The second-order valence-electron chi connectivity index (χ2n) is 7.12. The molecule has 1 aromatic carbocycles. The summed E-state index contributed by atoms with van der Waals surface area (Å²) in [6, 6.07) is 10.0. The zero-order chi connectivity index (χ0) is 19.3. The standard InChI is InChI=1S/C21H25FN4O2/c1-2-23-21(26-18-11-17-7-8-19(18)27-17)25-13-14-6-9-20(24-12-14)28-16-5-3-4-15(22)10-16/h3-6,9-10,12,17-19H,2,7-8,11,13H2,1H3,(H2,23,25,26). The number of rotatable bonds is 6. The highest BCUT2D eigenvalue weighted by molar-refractivity contribution is 5.80. The quantitative estimate of drug-likeness (QED) is 0.590. The van der Waals surface area contributed by atoms with Crippen LogP contribution in [0.25, 0.3) is 0 Å². The third kappa shape index (κ3) is 4.59. The van der Waals surface area contributed by atoms with Crippen molar-refractivity contribution in [1.82, 2.24) is 15.6 Å². The predicted molar refractivity (Wildman–Crippen MR) is 105 cm³/mol. The molecule has 2 aromatic rings. The molecule has 2 aliphatic rings. The molecular weight excluding hydrogens is 359 g/mol. The van der Waals surface area contributed by atoms with Crippen molar-refractivity contribution in [3.63, 3.8) is 0 Å². The van der Waals surface area contributed by atoms with E-state index in [9.17, 15) is 4.39 Å². The van der Waals surface area contributed by atoms with E-state index >= 15 is 0 Å². The summed E-state index contributed by atoms with van der Waals surface area (Å²) in [4.78, 5) is 8.95. The second kappa shape index (κ2) is 8.56. The van der Waals surface area contributed by atoms with Crippen LogP contribution in [0.1, 0.15) is 31.7 Å². The summed E-state index contributed by atoms with van der Waals surface area (Å²) in [5.41, 5.74) is 0.966. The zero-order valence-corrected chi connectivity index (χ0v) is 15.9. The van der Waals surface area contributed by atoms with E-state index in [0.29, 0.717) is 36.4 Å². The molecule has 0 radical (unpaired) electrons. The number of hydrogen-bond acceptors (Lipinski definition) is 4. The third-order valence-electron chi connectivity index (χ3n) is 5.01. The Morgan fingerprint density at radius 1 is 1.32 bits per heavy atom. The summed E-state index contributed by atoms with van der Waals surface area (Å²) in [5, 5.41) is 6.79. The highest BCUT2D eigenvalue weighted by Gasteiger charge is 2.41. The van der Waals surface area contributed by atoms with Gasteiger partial charge in [-0.3, -0.25) is 0 Å². The van der Waals surface area contributed by atoms with E-state index in [-0.39, 0.29) is 5.82 Å². The van der Waals surface area contributed by atoms with Gasteiger partial charge in [0, 0.05) is 24.9 Å². The van der Waals surface area contributed by atoms with Crippen LogP contribution >= 0.6 is 0 Å². The topological polar surface area (TPSA) is 67.8 Å². The molecule has 0 saturated carbocycles. The van der Waals surface area contributed by atoms with Crippen molar-refractivity contribution < 1.29 is 13.9 Å². The lowest BCUT2D eigenvalue weighted by molar-refractivity contribution is 0.0992. The minimum atomic E-state index is -0.340. The molecule has 0 aliphatic carbocycles. The monoisotopic (exact) mass is 384 g/mol. The van der Waals surface area contributed by atoms with Gasteiger partial charge in [0.15, 0.2) is 5.96 Å². The minimum absolute atomic E-state index is 0.301. The van der Waals surface area contributed by atoms with E-state index in [4.69, 9.17) is 9.47 Å². The minimum Gasteiger partial charge on any atom is -0.439 e. The molecule has 2 aliphatic heterocycles. The van der Waals surface area contributed by atoms with E-state index in [0.717, 1.165) is 30.9 Å². The maximum Gasteiger partial charge on any atom is 0.219 e. The first kappa shape index (κ1) is 18.7. The smallest absolute Gasteiger partial charge is 0.219 e. The van der Waals surface area contributed by atoms with Crippen molar-refractivity contribution in [2.24, 2.45) is 4.99 Å². The highest BCUT2D eigenvalue weighted by Crippen LogP contribution is 2.34. The molecule has 3 heterocycles. The van der Waals surface area contributed by atoms with Gasteiger partial charge in [-0.05, 0) is 43.9 Å². The van der Waals surface area contributed by atoms with Crippen molar-refractivity contribution in [2.75, 3.05) is 6.54 Å². The summed E-state index contributed by atoms with van der Waals surface area (Å²) in [5.74, 6) is 1.30. The van der Waals surface area contributed by atoms with Gasteiger partial charge in [-0.15, -0.1) is 0 Å². The van der Waals surface area contributed by atoms with Gasteiger partial charge in [0.25, 0.3) is 0 Å². The molecule has 6 nitrogen and oxygen atoms in total. The molecule has 3 atom stereocenters. The second-order valence-corrected chi connectivity index (χ2v) is 7.12. The van der Waals surface area contributed by atoms with Crippen LogP contribution in [-0.4, -0.2) is 35.7 Å². The molecule has 28 heavy (non-hydrogen) atoms. The fraction of sp³-hybridized carbons (Fsp3) is 0.429. The Morgan fingerprint density at radius 2 is 2.25 bits per heavy atom. The highest BCUT2D eigenvalue weighted by atomic mass is 19.1. The first-order chi connectivity index (χ1) is 13.7. The van der Waals surface area contributed by atoms with Gasteiger partial charge in [0.1, 0.15) is 11.6 Å². The fourth-order valence-electron chi connectivity index (χ4n) is 3.67. The molecule has 2 fully saturated rings. The Bertz CT molecular complexity index is 827.